The second kappa shape index (κ2) is 8.31. The highest BCUT2D eigenvalue weighted by Crippen LogP contribution is 2.38. The van der Waals surface area contributed by atoms with E-state index in [1.165, 1.54) is 11.3 Å². The molecule has 0 bridgehead atoms. The molecule has 0 unspecified atom stereocenters. The molecule has 1 aliphatic rings. The smallest absolute Gasteiger partial charge is 0.260 e. The van der Waals surface area contributed by atoms with Crippen LogP contribution in [0.4, 0.5) is 17.1 Å². The summed E-state index contributed by atoms with van der Waals surface area (Å²) in [6.45, 7) is 5.14. The number of hydrogen-bond acceptors (Lipinski definition) is 7. The van der Waals surface area contributed by atoms with E-state index in [1.54, 1.807) is 13.1 Å². The van der Waals surface area contributed by atoms with Crippen LogP contribution in [-0.4, -0.2) is 42.9 Å². The highest BCUT2D eigenvalue weighted by Gasteiger charge is 2.22. The Morgan fingerprint density at radius 2 is 1.77 bits per heavy atom. The number of nitrogen functional groups attached to an aromatic ring is 1. The Morgan fingerprint density at radius 3 is 2.47 bits per heavy atom. The number of amides is 1. The number of Topliss-reactive ketones (excluding diaryl/α,β-unsaturated/α-hetero) is 1. The molecule has 7 nitrogen and oxygen atoms in total. The second-order valence-corrected chi connectivity index (χ2v) is 8.59. The molecular weight excluding hydrogens is 398 g/mol. The number of nitrogens with two attached hydrogens (primary N) is 2. The SMILES string of the molecule is CC(=O)Cc1ccc(N2CCCN(c3ccnc4sc(C(N)=O)c(N)c34)CC2)cc1. The monoisotopic (exact) mass is 423 g/mol. The van der Waals surface area contributed by atoms with Crippen molar-refractivity contribution in [3.05, 3.63) is 47.0 Å². The first kappa shape index (κ1) is 20.2. The van der Waals surface area contributed by atoms with Gasteiger partial charge in [0, 0.05) is 44.5 Å². The lowest BCUT2D eigenvalue weighted by Crippen LogP contribution is -2.30. The number of pyridine rings is 1. The van der Waals surface area contributed by atoms with Crippen molar-refractivity contribution in [1.29, 1.82) is 0 Å². The van der Waals surface area contributed by atoms with Crippen LogP contribution in [-0.2, 0) is 11.2 Å². The third-order valence-electron chi connectivity index (χ3n) is 5.42. The molecule has 1 saturated heterocycles. The number of carbonyl (C=O) groups is 2. The molecule has 0 saturated carbocycles. The molecule has 1 aromatic carbocycles. The zero-order valence-electron chi connectivity index (χ0n) is 16.9. The van der Waals surface area contributed by atoms with E-state index in [-0.39, 0.29) is 5.78 Å². The molecule has 156 valence electrons. The molecule has 4 N–H and O–H groups in total. The van der Waals surface area contributed by atoms with E-state index in [2.05, 4.69) is 26.9 Å². The number of rotatable bonds is 5. The quantitative estimate of drug-likeness (QED) is 0.654. The molecule has 0 atom stereocenters. The Bertz CT molecular complexity index is 1090. The Kier molecular flexibility index (Phi) is 5.59. The molecule has 4 rings (SSSR count). The number of thiophene rings is 1. The number of carbonyl (C=O) groups excluding carboxylic acids is 2. The van der Waals surface area contributed by atoms with Gasteiger partial charge >= 0.3 is 0 Å². The molecule has 1 amide bonds. The number of nitrogens with zero attached hydrogens (tertiary/aromatic N) is 3. The minimum atomic E-state index is -0.517. The number of hydrogen-bond donors (Lipinski definition) is 2. The molecule has 1 fully saturated rings. The Balaban J connectivity index is 1.55. The van der Waals surface area contributed by atoms with Gasteiger partial charge in [0.05, 0.1) is 16.8 Å². The number of aromatic nitrogens is 1. The van der Waals surface area contributed by atoms with Crippen molar-refractivity contribution in [3.8, 4) is 0 Å². The minimum absolute atomic E-state index is 0.170. The van der Waals surface area contributed by atoms with E-state index >= 15 is 0 Å². The van der Waals surface area contributed by atoms with Crippen LogP contribution in [0.1, 0.15) is 28.6 Å². The average Bonchev–Trinajstić information content (AvgIpc) is 2.89. The maximum absolute atomic E-state index is 11.7. The summed E-state index contributed by atoms with van der Waals surface area (Å²) in [5, 5.41) is 0.818. The van der Waals surface area contributed by atoms with Crippen LogP contribution in [0, 0.1) is 0 Å². The van der Waals surface area contributed by atoms with Crippen molar-refractivity contribution in [2.45, 2.75) is 19.8 Å². The molecule has 0 aliphatic carbocycles. The van der Waals surface area contributed by atoms with Crippen LogP contribution in [0.5, 0.6) is 0 Å². The largest absolute Gasteiger partial charge is 0.397 e. The summed E-state index contributed by atoms with van der Waals surface area (Å²) in [6, 6.07) is 10.2. The molecular formula is C22H25N5O2S. The number of anilines is 3. The Morgan fingerprint density at radius 1 is 1.07 bits per heavy atom. The maximum Gasteiger partial charge on any atom is 0.260 e. The average molecular weight is 424 g/mol. The molecule has 3 aromatic rings. The van der Waals surface area contributed by atoms with Gasteiger partial charge in [-0.1, -0.05) is 12.1 Å². The lowest BCUT2D eigenvalue weighted by molar-refractivity contribution is -0.116. The molecule has 1 aliphatic heterocycles. The van der Waals surface area contributed by atoms with Crippen LogP contribution in [0.15, 0.2) is 36.5 Å². The summed E-state index contributed by atoms with van der Waals surface area (Å²) in [5.74, 6) is -0.347. The van der Waals surface area contributed by atoms with Gasteiger partial charge in [-0.2, -0.15) is 0 Å². The topological polar surface area (TPSA) is 106 Å². The van der Waals surface area contributed by atoms with Crippen LogP contribution in [0.3, 0.4) is 0 Å². The van der Waals surface area contributed by atoms with Gasteiger partial charge < -0.3 is 21.3 Å². The van der Waals surface area contributed by atoms with E-state index in [0.717, 1.165) is 59.8 Å². The molecule has 0 radical (unpaired) electrons. The fraction of sp³-hybridized carbons (Fsp3) is 0.318. The minimum Gasteiger partial charge on any atom is -0.397 e. The van der Waals surface area contributed by atoms with Crippen LogP contribution in [0.2, 0.25) is 0 Å². The van der Waals surface area contributed by atoms with Gasteiger partial charge in [0.2, 0.25) is 0 Å². The molecule has 8 heteroatoms. The van der Waals surface area contributed by atoms with Crippen molar-refractivity contribution >= 4 is 50.3 Å². The maximum atomic E-state index is 11.7. The fourth-order valence-corrected chi connectivity index (χ4v) is 4.94. The number of benzene rings is 1. The highest BCUT2D eigenvalue weighted by atomic mass is 32.1. The number of ketones is 1. The van der Waals surface area contributed by atoms with E-state index in [1.807, 2.05) is 18.2 Å². The van der Waals surface area contributed by atoms with Gasteiger partial charge in [-0.05, 0) is 37.1 Å². The summed E-state index contributed by atoms with van der Waals surface area (Å²) in [4.78, 5) is 33.2. The zero-order chi connectivity index (χ0) is 21.3. The first-order chi connectivity index (χ1) is 14.4. The molecule has 0 spiro atoms. The van der Waals surface area contributed by atoms with Crippen molar-refractivity contribution < 1.29 is 9.59 Å². The van der Waals surface area contributed by atoms with Crippen molar-refractivity contribution in [3.63, 3.8) is 0 Å². The first-order valence-corrected chi connectivity index (χ1v) is 10.8. The standard InChI is InChI=1S/C22H25N5O2S/c1-14(28)13-15-3-5-16(6-4-15)26-9-2-10-27(12-11-26)17-7-8-25-22-18(17)19(23)20(30-22)21(24)29/h3-8H,2,9-13,23H2,1H3,(H2,24,29). The van der Waals surface area contributed by atoms with Gasteiger partial charge in [0.15, 0.2) is 0 Å². The second-order valence-electron chi connectivity index (χ2n) is 7.59. The molecule has 30 heavy (non-hydrogen) atoms. The van der Waals surface area contributed by atoms with Crippen molar-refractivity contribution in [2.75, 3.05) is 41.7 Å². The van der Waals surface area contributed by atoms with Crippen LogP contribution >= 0.6 is 11.3 Å². The van der Waals surface area contributed by atoms with Crippen molar-refractivity contribution in [2.24, 2.45) is 5.73 Å². The lowest BCUT2D eigenvalue weighted by atomic mass is 10.1. The van der Waals surface area contributed by atoms with Gasteiger partial charge in [-0.3, -0.25) is 9.59 Å². The fourth-order valence-electron chi connectivity index (χ4n) is 4.00. The number of primary amides is 1. The Hall–Kier alpha value is -3.13. The van der Waals surface area contributed by atoms with Gasteiger partial charge in [0.25, 0.3) is 5.91 Å². The number of fused-ring (bicyclic) bond motifs is 1. The lowest BCUT2D eigenvalue weighted by Gasteiger charge is -2.25. The third-order valence-corrected chi connectivity index (χ3v) is 6.55. The first-order valence-electron chi connectivity index (χ1n) is 9.99. The van der Waals surface area contributed by atoms with Gasteiger partial charge in [0.1, 0.15) is 15.5 Å². The van der Waals surface area contributed by atoms with Gasteiger partial charge in [-0.25, -0.2) is 4.98 Å². The third kappa shape index (κ3) is 3.95. The van der Waals surface area contributed by atoms with Gasteiger partial charge in [-0.15, -0.1) is 11.3 Å². The summed E-state index contributed by atoms with van der Waals surface area (Å²) in [5.41, 5.74) is 15.4. The highest BCUT2D eigenvalue weighted by molar-refractivity contribution is 7.21. The van der Waals surface area contributed by atoms with Crippen LogP contribution in [0.25, 0.3) is 10.2 Å². The van der Waals surface area contributed by atoms with E-state index in [9.17, 15) is 9.59 Å². The Labute approximate surface area is 179 Å². The molecule has 3 heterocycles. The predicted molar refractivity (Wildman–Crippen MR) is 122 cm³/mol. The van der Waals surface area contributed by atoms with Crippen LogP contribution < -0.4 is 21.3 Å². The zero-order valence-corrected chi connectivity index (χ0v) is 17.7. The summed E-state index contributed by atoms with van der Waals surface area (Å²) >= 11 is 1.25. The predicted octanol–water partition coefficient (Wildman–Crippen LogP) is 2.83. The normalized spacial score (nSPS) is 14.7. The van der Waals surface area contributed by atoms with E-state index in [0.29, 0.717) is 17.0 Å². The summed E-state index contributed by atoms with van der Waals surface area (Å²) in [6.07, 6.45) is 3.22. The summed E-state index contributed by atoms with van der Waals surface area (Å²) < 4.78 is 0. The van der Waals surface area contributed by atoms with E-state index in [4.69, 9.17) is 11.5 Å². The van der Waals surface area contributed by atoms with Crippen molar-refractivity contribution in [1.82, 2.24) is 4.98 Å². The summed E-state index contributed by atoms with van der Waals surface area (Å²) in [7, 11) is 0. The van der Waals surface area contributed by atoms with E-state index < -0.39 is 5.91 Å². The molecule has 2 aromatic heterocycles.